The van der Waals surface area contributed by atoms with E-state index >= 15 is 0 Å². The first-order valence-corrected chi connectivity index (χ1v) is 15.4. The van der Waals surface area contributed by atoms with Crippen LogP contribution in [0.1, 0.15) is 65.0 Å². The third-order valence-electron chi connectivity index (χ3n) is 7.78. The average molecular weight is 637 g/mol. The van der Waals surface area contributed by atoms with Crippen LogP contribution >= 0.6 is 15.9 Å². The molecule has 3 aliphatic rings. The Balaban J connectivity index is 1.07. The molecule has 1 aliphatic carbocycles. The average Bonchev–Trinajstić information content (AvgIpc) is 3.57. The number of carbonyl (C=O) groups is 1. The van der Waals surface area contributed by atoms with Gasteiger partial charge in [0.25, 0.3) is 0 Å². The number of allylic oxidation sites excluding steroid dienone is 1. The molecule has 2 aliphatic heterocycles. The predicted molar refractivity (Wildman–Crippen MR) is 157 cm³/mol. The number of nitrogens with one attached hydrogen (secondary N) is 1. The molecule has 0 radical (unpaired) electrons. The first-order chi connectivity index (χ1) is 19.7. The van der Waals surface area contributed by atoms with Crippen molar-refractivity contribution in [1.82, 2.24) is 29.7 Å². The summed E-state index contributed by atoms with van der Waals surface area (Å²) in [6.45, 7) is 6.20. The standard InChI is InChI=1S/C28H42BrN7O5/c1-28(2)40-23-20(39-27(24(23)41-28)36-17-34-22-25(30)32-16-33-26(22)36)15-35(3)13-8-11-21(37)31-12-14-38-19-10-7-5-4-6-9-18(19)29/h9,16-17,19-20,23-24,27H,4-8,10-15H2,1-3H3,(H,31,37)(H2,30,32,33)/b18-9+/t19?,20-,23-,24-,27-/m1/s1. The van der Waals surface area contributed by atoms with Gasteiger partial charge in [-0.25, -0.2) is 15.0 Å². The van der Waals surface area contributed by atoms with Crippen LogP contribution in [0.2, 0.25) is 0 Å². The molecule has 41 heavy (non-hydrogen) atoms. The van der Waals surface area contributed by atoms with Crippen molar-refractivity contribution in [2.75, 3.05) is 39.0 Å². The monoisotopic (exact) mass is 635 g/mol. The second-order valence-electron chi connectivity index (χ2n) is 11.5. The smallest absolute Gasteiger partial charge is 0.220 e. The molecule has 0 spiro atoms. The van der Waals surface area contributed by atoms with Crippen LogP contribution in [0.3, 0.4) is 0 Å². The number of anilines is 1. The van der Waals surface area contributed by atoms with Gasteiger partial charge in [-0.2, -0.15) is 0 Å². The van der Waals surface area contributed by atoms with Gasteiger partial charge in [-0.05, 0) is 53.1 Å². The van der Waals surface area contributed by atoms with Crippen molar-refractivity contribution in [3.05, 3.63) is 23.2 Å². The van der Waals surface area contributed by atoms with Crippen molar-refractivity contribution in [1.29, 1.82) is 0 Å². The topological polar surface area (TPSA) is 139 Å². The second-order valence-corrected chi connectivity index (χ2v) is 12.4. The van der Waals surface area contributed by atoms with Gasteiger partial charge in [0.15, 0.2) is 23.5 Å². The van der Waals surface area contributed by atoms with E-state index < -0.39 is 12.0 Å². The molecule has 12 nitrogen and oxygen atoms in total. The number of ether oxygens (including phenoxy) is 4. The Morgan fingerprint density at radius 2 is 2.07 bits per heavy atom. The second kappa shape index (κ2) is 13.4. The summed E-state index contributed by atoms with van der Waals surface area (Å²) >= 11 is 3.65. The zero-order chi connectivity index (χ0) is 29.0. The van der Waals surface area contributed by atoms with E-state index in [1.165, 1.54) is 25.6 Å². The summed E-state index contributed by atoms with van der Waals surface area (Å²) in [7, 11) is 2.03. The van der Waals surface area contributed by atoms with Crippen LogP contribution < -0.4 is 11.1 Å². The van der Waals surface area contributed by atoms with Crippen LogP contribution in [0.5, 0.6) is 0 Å². The van der Waals surface area contributed by atoms with Crippen molar-refractivity contribution >= 4 is 38.8 Å². The molecule has 0 aromatic carbocycles. The van der Waals surface area contributed by atoms with Gasteiger partial charge in [0, 0.05) is 24.0 Å². The lowest BCUT2D eigenvalue weighted by molar-refractivity contribution is -0.197. The van der Waals surface area contributed by atoms with E-state index in [0.29, 0.717) is 43.1 Å². The number of likely N-dealkylation sites (N-methyl/N-ethyl adjacent to an activating group) is 1. The highest BCUT2D eigenvalue weighted by molar-refractivity contribution is 9.11. The lowest BCUT2D eigenvalue weighted by Gasteiger charge is -2.27. The van der Waals surface area contributed by atoms with Gasteiger partial charge >= 0.3 is 0 Å². The fourth-order valence-corrected chi connectivity index (χ4v) is 6.39. The van der Waals surface area contributed by atoms with Crippen LogP contribution in [0.15, 0.2) is 23.2 Å². The number of aromatic nitrogens is 4. The number of fused-ring (bicyclic) bond motifs is 2. The molecule has 0 bridgehead atoms. The summed E-state index contributed by atoms with van der Waals surface area (Å²) in [6.07, 6.45) is 11.0. The Morgan fingerprint density at radius 1 is 1.24 bits per heavy atom. The molecule has 2 aromatic rings. The first kappa shape index (κ1) is 30.3. The normalized spacial score (nSPS) is 29.2. The predicted octanol–water partition coefficient (Wildman–Crippen LogP) is 3.28. The molecule has 2 aromatic heterocycles. The summed E-state index contributed by atoms with van der Waals surface area (Å²) in [4.78, 5) is 27.4. The zero-order valence-corrected chi connectivity index (χ0v) is 25.7. The van der Waals surface area contributed by atoms with E-state index in [0.717, 1.165) is 30.3 Å². The highest BCUT2D eigenvalue weighted by Crippen LogP contribution is 2.44. The molecule has 1 amide bonds. The Hall–Kier alpha value is -2.16. The Morgan fingerprint density at radius 3 is 2.93 bits per heavy atom. The number of imidazole rings is 1. The fraction of sp³-hybridized carbons (Fsp3) is 0.714. The van der Waals surface area contributed by atoms with E-state index in [-0.39, 0.29) is 30.3 Å². The van der Waals surface area contributed by atoms with Gasteiger partial charge in [0.05, 0.1) is 19.0 Å². The van der Waals surface area contributed by atoms with Crippen molar-refractivity contribution < 1.29 is 23.7 Å². The minimum absolute atomic E-state index is 0.0362. The molecule has 3 N–H and O–H groups in total. The fourth-order valence-electron chi connectivity index (χ4n) is 5.80. The number of nitrogens with zero attached hydrogens (tertiary/aromatic N) is 5. The number of halogens is 1. The molecule has 5 rings (SSSR count). The molecular formula is C28H42BrN7O5. The maximum absolute atomic E-state index is 12.4. The molecule has 4 heterocycles. The molecule has 2 fully saturated rings. The van der Waals surface area contributed by atoms with E-state index in [1.807, 2.05) is 25.5 Å². The molecule has 13 heteroatoms. The summed E-state index contributed by atoms with van der Waals surface area (Å²) in [5, 5.41) is 2.98. The minimum atomic E-state index is -0.734. The highest BCUT2D eigenvalue weighted by atomic mass is 79.9. The Labute approximate surface area is 249 Å². The number of rotatable bonds is 11. The SMILES string of the molecule is CN(CCCC(=O)NCCOC1CCCCC/C=C\1Br)C[C@H]1O[C@@H](n2cnc3c(N)ncnc32)[C@@H]2OC(C)(C)O[C@@H]21. The molecular weight excluding hydrogens is 594 g/mol. The third kappa shape index (κ3) is 7.44. The van der Waals surface area contributed by atoms with Crippen LogP contribution in [-0.2, 0) is 23.7 Å². The summed E-state index contributed by atoms with van der Waals surface area (Å²) < 4.78 is 28.0. The lowest BCUT2D eigenvalue weighted by Crippen LogP contribution is -2.39. The summed E-state index contributed by atoms with van der Waals surface area (Å²) in [6, 6.07) is 0. The maximum Gasteiger partial charge on any atom is 0.220 e. The van der Waals surface area contributed by atoms with Crippen LogP contribution in [-0.4, -0.2) is 93.8 Å². The van der Waals surface area contributed by atoms with Crippen molar-refractivity contribution in [3.63, 3.8) is 0 Å². The Kier molecular flexibility index (Phi) is 9.93. The summed E-state index contributed by atoms with van der Waals surface area (Å²) in [5.74, 6) is -0.378. The van der Waals surface area contributed by atoms with Crippen molar-refractivity contribution in [2.45, 2.75) is 95.2 Å². The number of hydrogen-bond acceptors (Lipinski definition) is 10. The number of amides is 1. The minimum Gasteiger partial charge on any atom is -0.382 e. The molecule has 2 saturated heterocycles. The quantitative estimate of drug-likeness (QED) is 0.354. The van der Waals surface area contributed by atoms with Gasteiger partial charge in [-0.15, -0.1) is 0 Å². The lowest BCUT2D eigenvalue weighted by atomic mass is 10.0. The van der Waals surface area contributed by atoms with Crippen molar-refractivity contribution in [2.24, 2.45) is 0 Å². The Bertz CT molecular complexity index is 1220. The largest absolute Gasteiger partial charge is 0.382 e. The maximum atomic E-state index is 12.4. The number of carbonyl (C=O) groups excluding carboxylic acids is 1. The van der Waals surface area contributed by atoms with Gasteiger partial charge in [0.2, 0.25) is 5.91 Å². The van der Waals surface area contributed by atoms with Gasteiger partial charge in [0.1, 0.15) is 30.2 Å². The summed E-state index contributed by atoms with van der Waals surface area (Å²) in [5.41, 5.74) is 7.11. The zero-order valence-electron chi connectivity index (χ0n) is 24.1. The molecule has 1 unspecified atom stereocenters. The number of nitrogens with two attached hydrogens (primary N) is 1. The van der Waals surface area contributed by atoms with Gasteiger partial charge < -0.3 is 34.9 Å². The van der Waals surface area contributed by atoms with Crippen molar-refractivity contribution in [3.8, 4) is 0 Å². The van der Waals surface area contributed by atoms with Gasteiger partial charge in [-0.3, -0.25) is 9.36 Å². The molecule has 226 valence electrons. The highest BCUT2D eigenvalue weighted by Gasteiger charge is 2.56. The number of nitrogen functional groups attached to an aromatic ring is 1. The van der Waals surface area contributed by atoms with Crippen LogP contribution in [0.25, 0.3) is 11.2 Å². The third-order valence-corrected chi connectivity index (χ3v) is 8.62. The van der Waals surface area contributed by atoms with Crippen LogP contribution in [0, 0.1) is 0 Å². The first-order valence-electron chi connectivity index (χ1n) is 14.6. The van der Waals surface area contributed by atoms with E-state index in [9.17, 15) is 4.79 Å². The van der Waals surface area contributed by atoms with E-state index in [4.69, 9.17) is 24.7 Å². The number of hydrogen-bond donors (Lipinski definition) is 2. The molecule has 0 saturated carbocycles. The van der Waals surface area contributed by atoms with Gasteiger partial charge in [-0.1, -0.05) is 34.8 Å². The molecule has 5 atom stereocenters. The van der Waals surface area contributed by atoms with E-state index in [2.05, 4.69) is 47.2 Å². The van der Waals surface area contributed by atoms with Crippen LogP contribution in [0.4, 0.5) is 5.82 Å². The van der Waals surface area contributed by atoms with E-state index in [1.54, 1.807) is 6.33 Å².